The Kier molecular flexibility index (Phi) is 6.95. The number of carbonyl (C=O) groups is 3. The molecule has 1 atom stereocenters. The molecule has 202 valence electrons. The zero-order chi connectivity index (χ0) is 27.9. The summed E-state index contributed by atoms with van der Waals surface area (Å²) < 4.78 is 35.6. The molecular formula is C26H24N4O7S2. The number of methoxy groups -OCH3 is 2. The van der Waals surface area contributed by atoms with Crippen molar-refractivity contribution < 1.29 is 32.3 Å². The Morgan fingerprint density at radius 3 is 2.49 bits per heavy atom. The molecule has 1 unspecified atom stereocenters. The smallest absolute Gasteiger partial charge is 0.339 e. The summed E-state index contributed by atoms with van der Waals surface area (Å²) in [4.78, 5) is 44.0. The van der Waals surface area contributed by atoms with Crippen LogP contribution in [0.1, 0.15) is 49.2 Å². The third kappa shape index (κ3) is 5.02. The number of aryl methyl sites for hydroxylation is 1. The lowest BCUT2D eigenvalue weighted by molar-refractivity contribution is 0.0587. The average Bonchev–Trinajstić information content (AvgIpc) is 3.66. The first kappa shape index (κ1) is 26.5. The Morgan fingerprint density at radius 1 is 1.08 bits per heavy atom. The van der Waals surface area contributed by atoms with Gasteiger partial charge in [0.05, 0.1) is 75.8 Å². The topological polar surface area (TPSA) is 147 Å². The van der Waals surface area contributed by atoms with Crippen LogP contribution < -0.4 is 5.32 Å². The van der Waals surface area contributed by atoms with Crippen molar-refractivity contribution in [3.63, 3.8) is 0 Å². The van der Waals surface area contributed by atoms with E-state index in [1.165, 1.54) is 43.8 Å². The minimum atomic E-state index is -3.20. The molecule has 0 saturated carbocycles. The van der Waals surface area contributed by atoms with Gasteiger partial charge in [-0.25, -0.2) is 27.7 Å². The molecule has 3 aromatic heterocycles. The molecule has 1 amide bonds. The fraction of sp³-hybridized carbons (Fsp3) is 0.269. The maximum atomic E-state index is 13.8. The summed E-state index contributed by atoms with van der Waals surface area (Å²) in [5.41, 5.74) is 1.87. The van der Waals surface area contributed by atoms with E-state index in [-0.39, 0.29) is 33.9 Å². The van der Waals surface area contributed by atoms with Crippen LogP contribution >= 0.6 is 11.3 Å². The lowest BCUT2D eigenvalue weighted by atomic mass is 10.1. The molecule has 0 spiro atoms. The van der Waals surface area contributed by atoms with E-state index in [4.69, 9.17) is 14.5 Å². The van der Waals surface area contributed by atoms with Crippen LogP contribution in [-0.4, -0.2) is 66.8 Å². The van der Waals surface area contributed by atoms with Gasteiger partial charge in [0.25, 0.3) is 5.91 Å². The van der Waals surface area contributed by atoms with Gasteiger partial charge in [0, 0.05) is 0 Å². The predicted octanol–water partition coefficient (Wildman–Crippen LogP) is 3.65. The summed E-state index contributed by atoms with van der Waals surface area (Å²) in [6.45, 7) is 1.73. The molecule has 1 saturated heterocycles. The zero-order valence-electron chi connectivity index (χ0n) is 21.3. The van der Waals surface area contributed by atoms with Gasteiger partial charge < -0.3 is 14.8 Å². The van der Waals surface area contributed by atoms with Crippen molar-refractivity contribution in [3.05, 3.63) is 64.2 Å². The second-order valence-corrected chi connectivity index (χ2v) is 12.2. The fourth-order valence-electron chi connectivity index (χ4n) is 4.64. The van der Waals surface area contributed by atoms with E-state index < -0.39 is 33.7 Å². The first-order chi connectivity index (χ1) is 18.6. The molecule has 4 heterocycles. The van der Waals surface area contributed by atoms with Crippen LogP contribution in [0.5, 0.6) is 0 Å². The lowest BCUT2D eigenvalue weighted by Crippen LogP contribution is -2.17. The Bertz CT molecular complexity index is 1730. The molecule has 1 aliphatic rings. The van der Waals surface area contributed by atoms with Crippen molar-refractivity contribution in [1.82, 2.24) is 14.8 Å². The molecule has 1 aromatic carbocycles. The molecule has 4 aromatic rings. The molecule has 39 heavy (non-hydrogen) atoms. The van der Waals surface area contributed by atoms with E-state index in [0.717, 1.165) is 4.88 Å². The number of nitrogens with zero attached hydrogens (tertiary/aromatic N) is 3. The number of esters is 2. The Hall–Kier alpha value is -4.10. The van der Waals surface area contributed by atoms with Gasteiger partial charge in [-0.05, 0) is 49.1 Å². The molecular weight excluding hydrogens is 544 g/mol. The van der Waals surface area contributed by atoms with Gasteiger partial charge >= 0.3 is 11.9 Å². The van der Waals surface area contributed by atoms with E-state index in [1.54, 1.807) is 17.7 Å². The number of ether oxygens (including phenoxy) is 2. The number of carbonyl (C=O) groups excluding carboxylic acids is 3. The molecule has 0 radical (unpaired) electrons. The largest absolute Gasteiger partial charge is 0.465 e. The zero-order valence-corrected chi connectivity index (χ0v) is 22.9. The van der Waals surface area contributed by atoms with Gasteiger partial charge in [-0.3, -0.25) is 4.79 Å². The first-order valence-electron chi connectivity index (χ1n) is 11.9. The number of amides is 1. The molecule has 1 N–H and O–H groups in total. The van der Waals surface area contributed by atoms with Gasteiger partial charge in [-0.15, -0.1) is 11.3 Å². The number of rotatable bonds is 6. The summed E-state index contributed by atoms with van der Waals surface area (Å²) in [5.74, 6) is -1.92. The van der Waals surface area contributed by atoms with Gasteiger partial charge in [0.2, 0.25) is 0 Å². The average molecular weight is 569 g/mol. The van der Waals surface area contributed by atoms with E-state index in [2.05, 4.69) is 10.4 Å². The van der Waals surface area contributed by atoms with Crippen LogP contribution in [0, 0.1) is 6.92 Å². The van der Waals surface area contributed by atoms with Crippen LogP contribution in [0.3, 0.4) is 0 Å². The van der Waals surface area contributed by atoms with E-state index in [1.807, 2.05) is 17.5 Å². The molecule has 1 fully saturated rings. The van der Waals surface area contributed by atoms with Gasteiger partial charge in [-0.1, -0.05) is 6.07 Å². The second kappa shape index (κ2) is 10.2. The maximum Gasteiger partial charge on any atom is 0.339 e. The van der Waals surface area contributed by atoms with Gasteiger partial charge in [-0.2, -0.15) is 5.10 Å². The van der Waals surface area contributed by atoms with Crippen molar-refractivity contribution >= 4 is 55.7 Å². The Labute approximate surface area is 227 Å². The van der Waals surface area contributed by atoms with Gasteiger partial charge in [0.1, 0.15) is 0 Å². The lowest BCUT2D eigenvalue weighted by Gasteiger charge is -2.14. The highest BCUT2D eigenvalue weighted by molar-refractivity contribution is 7.91. The summed E-state index contributed by atoms with van der Waals surface area (Å²) in [6.07, 6.45) is 0.397. The molecule has 0 bridgehead atoms. The summed E-state index contributed by atoms with van der Waals surface area (Å²) in [5, 5.41) is 9.68. The third-order valence-electron chi connectivity index (χ3n) is 6.50. The molecule has 5 rings (SSSR count). The number of anilines is 1. The quantitative estimate of drug-likeness (QED) is 0.344. The summed E-state index contributed by atoms with van der Waals surface area (Å²) in [7, 11) is -0.762. The number of sulfone groups is 1. The minimum absolute atomic E-state index is 0.0471. The van der Waals surface area contributed by atoms with Crippen molar-refractivity contribution in [2.45, 2.75) is 19.4 Å². The number of fused-ring (bicyclic) bond motifs is 1. The van der Waals surface area contributed by atoms with Gasteiger partial charge in [0.15, 0.2) is 15.5 Å². The number of benzene rings is 1. The molecule has 1 aliphatic heterocycles. The number of pyridine rings is 1. The second-order valence-electron chi connectivity index (χ2n) is 9.02. The van der Waals surface area contributed by atoms with E-state index in [0.29, 0.717) is 28.8 Å². The monoisotopic (exact) mass is 568 g/mol. The van der Waals surface area contributed by atoms with Crippen molar-refractivity contribution in [2.24, 2.45) is 0 Å². The molecule has 13 heteroatoms. The van der Waals surface area contributed by atoms with Crippen molar-refractivity contribution in [1.29, 1.82) is 0 Å². The van der Waals surface area contributed by atoms with E-state index in [9.17, 15) is 22.8 Å². The Morgan fingerprint density at radius 2 is 1.85 bits per heavy atom. The van der Waals surface area contributed by atoms with Crippen molar-refractivity contribution in [2.75, 3.05) is 31.0 Å². The fourth-order valence-corrected chi connectivity index (χ4v) is 7.01. The van der Waals surface area contributed by atoms with Crippen LogP contribution in [0.25, 0.3) is 21.6 Å². The standard InChI is InChI=1S/C26H24N4O7S2/c1-14-22-18(24(31)28-19-11-15(25(32)36-2)6-7-17(19)26(33)37-3)12-20(21-5-4-9-38-21)27-23(22)30(29-14)16-8-10-39(34,35)13-16/h4-7,9,11-12,16H,8,10,13H2,1-3H3,(H,28,31). The highest BCUT2D eigenvalue weighted by atomic mass is 32.2. The summed E-state index contributed by atoms with van der Waals surface area (Å²) in [6, 6.07) is 9.07. The molecule has 0 aliphatic carbocycles. The third-order valence-corrected chi connectivity index (χ3v) is 9.15. The number of hydrogen-bond acceptors (Lipinski definition) is 10. The molecule has 11 nitrogen and oxygen atoms in total. The van der Waals surface area contributed by atoms with Crippen LogP contribution in [0.15, 0.2) is 41.8 Å². The summed E-state index contributed by atoms with van der Waals surface area (Å²) >= 11 is 1.44. The van der Waals surface area contributed by atoms with Crippen molar-refractivity contribution in [3.8, 4) is 10.6 Å². The van der Waals surface area contributed by atoms with Crippen LogP contribution in [0.2, 0.25) is 0 Å². The first-order valence-corrected chi connectivity index (χ1v) is 14.6. The highest BCUT2D eigenvalue weighted by Gasteiger charge is 2.32. The highest BCUT2D eigenvalue weighted by Crippen LogP contribution is 2.34. The van der Waals surface area contributed by atoms with E-state index >= 15 is 0 Å². The number of nitrogens with one attached hydrogen (secondary N) is 1. The Balaban J connectivity index is 1.65. The minimum Gasteiger partial charge on any atom is -0.465 e. The predicted molar refractivity (Wildman–Crippen MR) is 145 cm³/mol. The normalized spacial score (nSPS) is 16.2. The SMILES string of the molecule is COC(=O)c1ccc(C(=O)OC)c(NC(=O)c2cc(-c3cccs3)nc3c2c(C)nn3C2CCS(=O)(=O)C2)c1. The number of aromatic nitrogens is 3. The number of thiophene rings is 1. The maximum absolute atomic E-state index is 13.8. The van der Waals surface area contributed by atoms with Crippen LogP contribution in [0.4, 0.5) is 5.69 Å². The van der Waals surface area contributed by atoms with Crippen LogP contribution in [-0.2, 0) is 19.3 Å². The number of hydrogen-bond donors (Lipinski definition) is 1.